The topological polar surface area (TPSA) is 72.5 Å². The SMILES string of the molecule is CCOC(=O)C(F)[C@@H](N)c1cc(Br)c(O)c(Br)c1.Cl. The number of hydrogen-bond donors (Lipinski definition) is 2. The van der Waals surface area contributed by atoms with Crippen LogP contribution in [-0.2, 0) is 9.53 Å². The molecule has 1 aromatic rings. The van der Waals surface area contributed by atoms with Gasteiger partial charge in [0.05, 0.1) is 21.6 Å². The minimum atomic E-state index is -1.95. The number of aromatic hydroxyl groups is 1. The highest BCUT2D eigenvalue weighted by Crippen LogP contribution is 2.35. The standard InChI is InChI=1S/C11H12Br2FNO3.ClH/c1-2-18-11(17)8(14)9(15)5-3-6(12)10(16)7(13)4-5;/h3-4,8-9,16H,2,15H2,1H3;1H/t8?,9-;/m0./s1. The molecule has 0 aromatic heterocycles. The van der Waals surface area contributed by atoms with Gasteiger partial charge in [-0.3, -0.25) is 0 Å². The fourth-order valence-electron chi connectivity index (χ4n) is 1.32. The molecule has 0 heterocycles. The number of nitrogens with two attached hydrogens (primary N) is 1. The van der Waals surface area contributed by atoms with E-state index in [2.05, 4.69) is 36.6 Å². The molecule has 2 atom stereocenters. The molecule has 0 aliphatic carbocycles. The van der Waals surface area contributed by atoms with Crippen LogP contribution >= 0.6 is 44.3 Å². The second-order valence-electron chi connectivity index (χ2n) is 3.51. The average molecular weight is 421 g/mol. The van der Waals surface area contributed by atoms with Crippen molar-refractivity contribution in [2.75, 3.05) is 6.61 Å². The minimum Gasteiger partial charge on any atom is -0.506 e. The van der Waals surface area contributed by atoms with E-state index in [1.807, 2.05) is 0 Å². The van der Waals surface area contributed by atoms with Crippen molar-refractivity contribution in [3.8, 4) is 5.75 Å². The highest BCUT2D eigenvalue weighted by atomic mass is 79.9. The van der Waals surface area contributed by atoms with E-state index >= 15 is 0 Å². The number of rotatable bonds is 4. The molecule has 0 spiro atoms. The minimum absolute atomic E-state index is 0. The van der Waals surface area contributed by atoms with E-state index in [9.17, 15) is 14.3 Å². The smallest absolute Gasteiger partial charge is 0.342 e. The third-order valence-corrected chi connectivity index (χ3v) is 3.46. The molecule has 0 aliphatic rings. The second-order valence-corrected chi connectivity index (χ2v) is 5.22. The summed E-state index contributed by atoms with van der Waals surface area (Å²) >= 11 is 6.22. The quantitative estimate of drug-likeness (QED) is 0.733. The molecule has 8 heteroatoms. The van der Waals surface area contributed by atoms with E-state index in [0.717, 1.165) is 0 Å². The molecule has 0 aliphatic heterocycles. The zero-order valence-electron chi connectivity index (χ0n) is 9.90. The first-order valence-corrected chi connectivity index (χ1v) is 6.71. The first-order chi connectivity index (χ1) is 8.38. The second kappa shape index (κ2) is 8.04. The van der Waals surface area contributed by atoms with Crippen LogP contribution in [0.25, 0.3) is 0 Å². The Morgan fingerprint density at radius 2 is 1.95 bits per heavy atom. The van der Waals surface area contributed by atoms with Gasteiger partial charge in [-0.05, 0) is 56.5 Å². The summed E-state index contributed by atoms with van der Waals surface area (Å²) in [5.74, 6) is -1.01. The molecule has 0 amide bonds. The zero-order valence-corrected chi connectivity index (χ0v) is 13.9. The molecule has 0 fully saturated rings. The zero-order chi connectivity index (χ0) is 13.9. The lowest BCUT2D eigenvalue weighted by Crippen LogP contribution is -2.31. The predicted octanol–water partition coefficient (Wildman–Crippen LogP) is 3.24. The number of benzene rings is 1. The van der Waals surface area contributed by atoms with Gasteiger partial charge in [-0.1, -0.05) is 0 Å². The summed E-state index contributed by atoms with van der Waals surface area (Å²) in [4.78, 5) is 11.2. The summed E-state index contributed by atoms with van der Waals surface area (Å²) in [6.07, 6.45) is -1.95. The maximum Gasteiger partial charge on any atom is 0.342 e. The molecule has 0 saturated carbocycles. The van der Waals surface area contributed by atoms with E-state index in [1.165, 1.54) is 12.1 Å². The molecule has 1 rings (SSSR count). The normalized spacial score (nSPS) is 13.3. The van der Waals surface area contributed by atoms with E-state index < -0.39 is 18.2 Å². The number of carbonyl (C=O) groups excluding carboxylic acids is 1. The summed E-state index contributed by atoms with van der Waals surface area (Å²) in [6, 6.07) is 1.75. The van der Waals surface area contributed by atoms with Crippen molar-refractivity contribution in [1.82, 2.24) is 0 Å². The van der Waals surface area contributed by atoms with Gasteiger partial charge in [0.1, 0.15) is 5.75 Å². The first-order valence-electron chi connectivity index (χ1n) is 5.12. The number of phenols is 1. The van der Waals surface area contributed by atoms with E-state index in [-0.39, 0.29) is 24.8 Å². The van der Waals surface area contributed by atoms with Crippen molar-refractivity contribution in [1.29, 1.82) is 0 Å². The van der Waals surface area contributed by atoms with Gasteiger partial charge in [0.25, 0.3) is 0 Å². The lowest BCUT2D eigenvalue weighted by Gasteiger charge is -2.17. The largest absolute Gasteiger partial charge is 0.506 e. The van der Waals surface area contributed by atoms with Crippen LogP contribution in [0.4, 0.5) is 4.39 Å². The molecular weight excluding hydrogens is 408 g/mol. The highest BCUT2D eigenvalue weighted by Gasteiger charge is 2.28. The predicted molar refractivity (Wildman–Crippen MR) is 79.2 cm³/mol. The van der Waals surface area contributed by atoms with E-state index in [1.54, 1.807) is 6.92 Å². The van der Waals surface area contributed by atoms with Crippen LogP contribution in [0.5, 0.6) is 5.75 Å². The Morgan fingerprint density at radius 1 is 1.47 bits per heavy atom. The lowest BCUT2D eigenvalue weighted by atomic mass is 10.0. The fourth-order valence-corrected chi connectivity index (χ4v) is 2.54. The number of hydrogen-bond acceptors (Lipinski definition) is 4. The van der Waals surface area contributed by atoms with Gasteiger partial charge in [0, 0.05) is 0 Å². The van der Waals surface area contributed by atoms with Crippen LogP contribution in [0.2, 0.25) is 0 Å². The maximum atomic E-state index is 13.7. The van der Waals surface area contributed by atoms with E-state index in [0.29, 0.717) is 14.5 Å². The lowest BCUT2D eigenvalue weighted by molar-refractivity contribution is -0.149. The number of halogens is 4. The Morgan fingerprint density at radius 3 is 2.37 bits per heavy atom. The van der Waals surface area contributed by atoms with Crippen molar-refractivity contribution < 1.29 is 19.0 Å². The van der Waals surface area contributed by atoms with Crippen molar-refractivity contribution >= 4 is 50.2 Å². The van der Waals surface area contributed by atoms with Gasteiger partial charge in [0.15, 0.2) is 0 Å². The van der Waals surface area contributed by atoms with Crippen LogP contribution < -0.4 is 5.73 Å². The maximum absolute atomic E-state index is 13.7. The van der Waals surface area contributed by atoms with Gasteiger partial charge >= 0.3 is 5.97 Å². The van der Waals surface area contributed by atoms with Gasteiger partial charge in [-0.15, -0.1) is 12.4 Å². The van der Waals surface area contributed by atoms with Gasteiger partial charge < -0.3 is 15.6 Å². The van der Waals surface area contributed by atoms with E-state index in [4.69, 9.17) is 5.73 Å². The summed E-state index contributed by atoms with van der Waals surface area (Å²) in [7, 11) is 0. The van der Waals surface area contributed by atoms with Gasteiger partial charge in [-0.25, -0.2) is 9.18 Å². The molecule has 1 unspecified atom stereocenters. The van der Waals surface area contributed by atoms with Gasteiger partial charge in [-0.2, -0.15) is 0 Å². The Balaban J connectivity index is 0.00000324. The summed E-state index contributed by atoms with van der Waals surface area (Å²) in [5, 5.41) is 9.52. The molecule has 3 N–H and O–H groups in total. The molecule has 0 bridgehead atoms. The van der Waals surface area contributed by atoms with Crippen LogP contribution in [0.15, 0.2) is 21.1 Å². The third kappa shape index (κ3) is 4.59. The monoisotopic (exact) mass is 419 g/mol. The molecule has 0 saturated heterocycles. The number of esters is 1. The fraction of sp³-hybridized carbons (Fsp3) is 0.364. The molecule has 4 nitrogen and oxygen atoms in total. The third-order valence-electron chi connectivity index (χ3n) is 2.25. The van der Waals surface area contributed by atoms with Crippen LogP contribution in [0.3, 0.4) is 0 Å². The Labute approximate surface area is 133 Å². The molecule has 1 aromatic carbocycles. The average Bonchev–Trinajstić information content (AvgIpc) is 2.33. The van der Waals surface area contributed by atoms with Crippen molar-refractivity contribution in [3.63, 3.8) is 0 Å². The van der Waals surface area contributed by atoms with Crippen LogP contribution in [0, 0.1) is 0 Å². The summed E-state index contributed by atoms with van der Waals surface area (Å²) in [6.45, 7) is 1.68. The summed E-state index contributed by atoms with van der Waals surface area (Å²) in [5.41, 5.74) is 6.03. The number of phenolic OH excluding ortho intramolecular Hbond substituents is 1. The Kier molecular flexibility index (Phi) is 7.88. The number of alkyl halides is 1. The Hall–Kier alpha value is -0.370. The van der Waals surface area contributed by atoms with Crippen molar-refractivity contribution in [2.45, 2.75) is 19.1 Å². The summed E-state index contributed by atoms with van der Waals surface area (Å²) < 4.78 is 19.0. The van der Waals surface area contributed by atoms with Gasteiger partial charge in [0.2, 0.25) is 6.17 Å². The highest BCUT2D eigenvalue weighted by molar-refractivity contribution is 9.11. The van der Waals surface area contributed by atoms with Crippen molar-refractivity contribution in [2.24, 2.45) is 5.73 Å². The number of ether oxygens (including phenoxy) is 1. The Bertz CT molecular complexity index is 439. The first kappa shape index (κ1) is 18.6. The molecule has 108 valence electrons. The van der Waals surface area contributed by atoms with Crippen molar-refractivity contribution in [3.05, 3.63) is 26.6 Å². The van der Waals surface area contributed by atoms with Crippen LogP contribution in [0.1, 0.15) is 18.5 Å². The number of carbonyl (C=O) groups is 1. The molecule has 19 heavy (non-hydrogen) atoms. The molecular formula is C11H13Br2ClFNO3. The molecule has 0 radical (unpaired) electrons. The van der Waals surface area contributed by atoms with Crippen LogP contribution in [-0.4, -0.2) is 23.9 Å².